The summed E-state index contributed by atoms with van der Waals surface area (Å²) < 4.78 is 39.5. The Morgan fingerprint density at radius 1 is 1.25 bits per heavy atom. The van der Waals surface area contributed by atoms with Gasteiger partial charge in [0.15, 0.2) is 0 Å². The van der Waals surface area contributed by atoms with Crippen molar-refractivity contribution in [2.24, 2.45) is 0 Å². The van der Waals surface area contributed by atoms with Crippen LogP contribution in [0.25, 0.3) is 0 Å². The van der Waals surface area contributed by atoms with Crippen LogP contribution in [-0.4, -0.2) is 30.2 Å². The van der Waals surface area contributed by atoms with Crippen molar-refractivity contribution in [1.29, 1.82) is 0 Å². The first kappa shape index (κ1) is 13.2. The van der Waals surface area contributed by atoms with Gasteiger partial charge in [-0.05, 0) is 12.1 Å². The lowest BCUT2D eigenvalue weighted by atomic mass is 10.3. The zero-order valence-electron chi connectivity index (χ0n) is 8.33. The van der Waals surface area contributed by atoms with Gasteiger partial charge in [0.25, 0.3) is 0 Å². The summed E-state index contributed by atoms with van der Waals surface area (Å²) in [6.45, 7) is -1.23. The minimum Gasteiger partial charge on any atom is -0.507 e. The molecule has 0 amide bonds. The molecule has 0 atom stereocenters. The molecule has 90 valence electrons. The second-order valence-electron chi connectivity index (χ2n) is 2.98. The van der Waals surface area contributed by atoms with Crippen molar-refractivity contribution in [3.63, 3.8) is 0 Å². The van der Waals surface area contributed by atoms with Crippen molar-refractivity contribution >= 4 is 11.8 Å². The Kier molecular flexibility index (Phi) is 4.95. The highest BCUT2D eigenvalue weighted by molar-refractivity contribution is 7.99. The molecular formula is C10H11F3O2S. The standard InChI is InChI=1S/C10H11F3O2S/c11-10(12,13)7-15-5-6-16-9-4-2-1-3-8(9)14/h1-4,14H,5-7H2. The third-order valence-corrected chi connectivity index (χ3v) is 2.64. The van der Waals surface area contributed by atoms with Crippen LogP contribution in [0.5, 0.6) is 5.75 Å². The topological polar surface area (TPSA) is 29.5 Å². The lowest BCUT2D eigenvalue weighted by molar-refractivity contribution is -0.172. The summed E-state index contributed by atoms with van der Waals surface area (Å²) in [6, 6.07) is 6.65. The zero-order chi connectivity index (χ0) is 12.0. The van der Waals surface area contributed by atoms with E-state index in [-0.39, 0.29) is 12.4 Å². The number of para-hydroxylation sites is 1. The van der Waals surface area contributed by atoms with Crippen molar-refractivity contribution in [2.75, 3.05) is 19.0 Å². The number of phenolic OH excluding ortho intramolecular Hbond substituents is 1. The van der Waals surface area contributed by atoms with Crippen molar-refractivity contribution in [1.82, 2.24) is 0 Å². The van der Waals surface area contributed by atoms with E-state index in [0.717, 1.165) is 0 Å². The molecule has 0 aliphatic carbocycles. The van der Waals surface area contributed by atoms with Gasteiger partial charge in [-0.25, -0.2) is 0 Å². The minimum absolute atomic E-state index is 0.00148. The summed E-state index contributed by atoms with van der Waals surface area (Å²) in [6.07, 6.45) is -4.28. The molecule has 2 nitrogen and oxygen atoms in total. The van der Waals surface area contributed by atoms with Gasteiger partial charge in [0.2, 0.25) is 0 Å². The first-order valence-electron chi connectivity index (χ1n) is 4.54. The normalized spacial score (nSPS) is 11.7. The molecule has 1 rings (SSSR count). The van der Waals surface area contributed by atoms with Crippen LogP contribution in [0.15, 0.2) is 29.2 Å². The molecule has 6 heteroatoms. The van der Waals surface area contributed by atoms with Crippen LogP contribution in [-0.2, 0) is 4.74 Å². The van der Waals surface area contributed by atoms with Crippen LogP contribution in [0.3, 0.4) is 0 Å². The second kappa shape index (κ2) is 6.00. The van der Waals surface area contributed by atoms with E-state index < -0.39 is 12.8 Å². The van der Waals surface area contributed by atoms with Crippen molar-refractivity contribution in [3.05, 3.63) is 24.3 Å². The number of rotatable bonds is 5. The monoisotopic (exact) mass is 252 g/mol. The van der Waals surface area contributed by atoms with E-state index >= 15 is 0 Å². The first-order chi connectivity index (χ1) is 7.49. The fourth-order valence-corrected chi connectivity index (χ4v) is 1.79. The van der Waals surface area contributed by atoms with Gasteiger partial charge in [-0.3, -0.25) is 0 Å². The molecule has 0 saturated heterocycles. The second-order valence-corrected chi connectivity index (χ2v) is 4.12. The molecule has 0 bridgehead atoms. The van der Waals surface area contributed by atoms with E-state index in [1.807, 2.05) is 0 Å². The Hall–Kier alpha value is -0.880. The van der Waals surface area contributed by atoms with Gasteiger partial charge in [0.1, 0.15) is 12.4 Å². The summed E-state index contributed by atoms with van der Waals surface area (Å²) in [5.74, 6) is 0.497. The Labute approximate surface area is 95.4 Å². The van der Waals surface area contributed by atoms with Crippen LogP contribution >= 0.6 is 11.8 Å². The summed E-state index contributed by atoms with van der Waals surface area (Å²) >= 11 is 1.26. The van der Waals surface area contributed by atoms with Crippen LogP contribution < -0.4 is 0 Å². The van der Waals surface area contributed by atoms with Gasteiger partial charge in [-0.2, -0.15) is 13.2 Å². The van der Waals surface area contributed by atoms with Gasteiger partial charge in [-0.15, -0.1) is 11.8 Å². The largest absolute Gasteiger partial charge is 0.507 e. The van der Waals surface area contributed by atoms with Crippen LogP contribution in [0.1, 0.15) is 0 Å². The molecule has 1 aromatic carbocycles. The molecule has 1 aromatic rings. The molecule has 0 aliphatic heterocycles. The third-order valence-electron chi connectivity index (χ3n) is 1.62. The molecule has 0 saturated carbocycles. The average molecular weight is 252 g/mol. The number of hydrogen-bond acceptors (Lipinski definition) is 3. The molecule has 0 radical (unpaired) electrons. The molecule has 0 aliphatic rings. The number of hydrogen-bond donors (Lipinski definition) is 1. The van der Waals surface area contributed by atoms with Crippen molar-refractivity contribution in [2.45, 2.75) is 11.1 Å². The summed E-state index contributed by atoms with van der Waals surface area (Å²) in [5, 5.41) is 9.35. The molecular weight excluding hydrogens is 241 g/mol. The maximum atomic E-state index is 11.7. The van der Waals surface area contributed by atoms with E-state index in [1.165, 1.54) is 17.8 Å². The van der Waals surface area contributed by atoms with Crippen LogP contribution in [0.2, 0.25) is 0 Å². The number of phenols is 1. The van der Waals surface area contributed by atoms with Crippen molar-refractivity contribution in [3.8, 4) is 5.75 Å². The lowest BCUT2D eigenvalue weighted by Gasteiger charge is -2.07. The predicted molar refractivity (Wildman–Crippen MR) is 55.7 cm³/mol. The van der Waals surface area contributed by atoms with Gasteiger partial charge in [0, 0.05) is 10.6 Å². The molecule has 0 aromatic heterocycles. The van der Waals surface area contributed by atoms with Gasteiger partial charge >= 0.3 is 6.18 Å². The summed E-state index contributed by atoms with van der Waals surface area (Å²) in [4.78, 5) is 0.637. The van der Waals surface area contributed by atoms with Crippen LogP contribution in [0, 0.1) is 0 Å². The van der Waals surface area contributed by atoms with E-state index in [1.54, 1.807) is 18.2 Å². The summed E-state index contributed by atoms with van der Waals surface area (Å²) in [7, 11) is 0. The number of alkyl halides is 3. The Morgan fingerprint density at radius 2 is 1.94 bits per heavy atom. The molecule has 0 heterocycles. The van der Waals surface area contributed by atoms with Gasteiger partial charge in [0.05, 0.1) is 6.61 Å². The Bertz CT molecular complexity index is 328. The third kappa shape index (κ3) is 5.27. The van der Waals surface area contributed by atoms with E-state index in [9.17, 15) is 18.3 Å². The molecule has 0 unspecified atom stereocenters. The SMILES string of the molecule is Oc1ccccc1SCCOCC(F)(F)F. The number of thioether (sulfide) groups is 1. The molecule has 0 fully saturated rings. The highest BCUT2D eigenvalue weighted by Crippen LogP contribution is 2.27. The minimum atomic E-state index is -4.28. The van der Waals surface area contributed by atoms with E-state index in [4.69, 9.17) is 0 Å². The van der Waals surface area contributed by atoms with E-state index in [2.05, 4.69) is 4.74 Å². The maximum absolute atomic E-state index is 11.7. The number of ether oxygens (including phenoxy) is 1. The van der Waals surface area contributed by atoms with Gasteiger partial charge in [-0.1, -0.05) is 12.1 Å². The predicted octanol–water partition coefficient (Wildman–Crippen LogP) is 3.06. The van der Waals surface area contributed by atoms with Crippen molar-refractivity contribution < 1.29 is 23.0 Å². The smallest absolute Gasteiger partial charge is 0.411 e. The molecule has 0 spiro atoms. The summed E-state index contributed by atoms with van der Waals surface area (Å²) in [5.41, 5.74) is 0. The first-order valence-corrected chi connectivity index (χ1v) is 5.53. The number of halogens is 3. The molecule has 1 N–H and O–H groups in total. The Balaban J connectivity index is 2.19. The fraction of sp³-hybridized carbons (Fsp3) is 0.400. The number of benzene rings is 1. The Morgan fingerprint density at radius 3 is 2.56 bits per heavy atom. The maximum Gasteiger partial charge on any atom is 0.411 e. The fourth-order valence-electron chi connectivity index (χ4n) is 0.978. The highest BCUT2D eigenvalue weighted by Gasteiger charge is 2.27. The lowest BCUT2D eigenvalue weighted by Crippen LogP contribution is -2.17. The highest BCUT2D eigenvalue weighted by atomic mass is 32.2. The van der Waals surface area contributed by atoms with E-state index in [0.29, 0.717) is 10.6 Å². The zero-order valence-corrected chi connectivity index (χ0v) is 9.14. The molecule has 16 heavy (non-hydrogen) atoms. The van der Waals surface area contributed by atoms with Crippen LogP contribution in [0.4, 0.5) is 13.2 Å². The van der Waals surface area contributed by atoms with Gasteiger partial charge < -0.3 is 9.84 Å². The average Bonchev–Trinajstić information content (AvgIpc) is 2.18. The number of aromatic hydroxyl groups is 1. The quantitative estimate of drug-likeness (QED) is 0.645.